The number of likely N-dealkylation sites (tertiary alicyclic amines) is 1. The van der Waals surface area contributed by atoms with E-state index in [0.717, 1.165) is 23.1 Å². The average molecular weight is 334 g/mol. The molecule has 0 N–H and O–H groups in total. The number of hydrogen-bond acceptors (Lipinski definition) is 5. The van der Waals surface area contributed by atoms with Gasteiger partial charge in [-0.05, 0) is 31.0 Å². The Morgan fingerprint density at radius 2 is 2.05 bits per heavy atom. The Kier molecular flexibility index (Phi) is 2.71. The lowest BCUT2D eigenvalue weighted by atomic mass is 10.2. The summed E-state index contributed by atoms with van der Waals surface area (Å²) >= 11 is 3.40. The van der Waals surface area contributed by atoms with Gasteiger partial charge in [0.05, 0.1) is 10.9 Å². The van der Waals surface area contributed by atoms with E-state index in [-0.39, 0.29) is 11.8 Å². The minimum absolute atomic E-state index is 0.163. The lowest BCUT2D eigenvalue weighted by Crippen LogP contribution is -2.28. The van der Waals surface area contributed by atoms with E-state index in [9.17, 15) is 4.79 Å². The Balaban J connectivity index is 1.96. The third kappa shape index (κ3) is 1.73. The maximum Gasteiger partial charge on any atom is 0.282 e. The van der Waals surface area contributed by atoms with Crippen molar-refractivity contribution >= 4 is 32.8 Å². The molecule has 1 aromatic carbocycles. The van der Waals surface area contributed by atoms with Crippen LogP contribution in [0.2, 0.25) is 0 Å². The molecule has 7 heteroatoms. The molecule has 1 aromatic heterocycles. The predicted octanol–water partition coefficient (Wildman–Crippen LogP) is 2.81. The summed E-state index contributed by atoms with van der Waals surface area (Å²) in [7, 11) is 0. The largest absolute Gasteiger partial charge is 0.282 e. The van der Waals surface area contributed by atoms with Crippen LogP contribution in [0.1, 0.15) is 19.1 Å². The summed E-state index contributed by atoms with van der Waals surface area (Å²) in [5.74, 6) is 0.404. The molecule has 1 fully saturated rings. The van der Waals surface area contributed by atoms with Crippen LogP contribution in [0.15, 0.2) is 37.7 Å². The first kappa shape index (κ1) is 12.2. The van der Waals surface area contributed by atoms with Crippen molar-refractivity contribution in [2.24, 2.45) is 10.2 Å². The second kappa shape index (κ2) is 4.46. The molecule has 0 saturated carbocycles. The quantitative estimate of drug-likeness (QED) is 0.806. The summed E-state index contributed by atoms with van der Waals surface area (Å²) in [6.45, 7) is 2.01. The van der Waals surface area contributed by atoms with Crippen molar-refractivity contribution in [3.05, 3.63) is 33.0 Å². The van der Waals surface area contributed by atoms with Gasteiger partial charge in [0.15, 0.2) is 0 Å². The summed E-state index contributed by atoms with van der Waals surface area (Å²) in [4.78, 5) is 18.4. The smallest absolute Gasteiger partial charge is 0.271 e. The van der Waals surface area contributed by atoms with E-state index in [0.29, 0.717) is 11.3 Å². The maximum atomic E-state index is 12.1. The molecule has 2 aromatic rings. The van der Waals surface area contributed by atoms with Crippen LogP contribution in [0, 0.1) is 0 Å². The zero-order valence-corrected chi connectivity index (χ0v) is 12.2. The van der Waals surface area contributed by atoms with E-state index >= 15 is 0 Å². The van der Waals surface area contributed by atoms with E-state index in [1.54, 1.807) is 6.07 Å². The monoisotopic (exact) mass is 333 g/mol. The highest BCUT2D eigenvalue weighted by molar-refractivity contribution is 9.10. The molecule has 20 heavy (non-hydrogen) atoms. The molecule has 6 nitrogen and oxygen atoms in total. The Morgan fingerprint density at radius 1 is 1.25 bits per heavy atom. The number of rotatable bonds is 1. The van der Waals surface area contributed by atoms with E-state index in [1.165, 1.54) is 12.8 Å². The first-order chi connectivity index (χ1) is 9.74. The van der Waals surface area contributed by atoms with E-state index < -0.39 is 0 Å². The van der Waals surface area contributed by atoms with Gasteiger partial charge in [-0.2, -0.15) is 4.98 Å². The van der Waals surface area contributed by atoms with Crippen LogP contribution < -0.4 is 5.56 Å². The van der Waals surface area contributed by atoms with E-state index in [2.05, 4.69) is 36.0 Å². The van der Waals surface area contributed by atoms with Crippen molar-refractivity contribution in [3.63, 3.8) is 0 Å². The molecule has 2 aliphatic heterocycles. The van der Waals surface area contributed by atoms with Gasteiger partial charge < -0.3 is 0 Å². The summed E-state index contributed by atoms with van der Waals surface area (Å²) < 4.78 is 2.82. The molecule has 0 radical (unpaired) electrons. The normalized spacial score (nSPS) is 21.8. The molecule has 0 amide bonds. The van der Waals surface area contributed by atoms with Gasteiger partial charge in [0.25, 0.3) is 11.5 Å². The predicted molar refractivity (Wildman–Crippen MR) is 78.1 cm³/mol. The molecule has 1 atom stereocenters. The lowest BCUT2D eigenvalue weighted by molar-refractivity contribution is 0.194. The summed E-state index contributed by atoms with van der Waals surface area (Å²) in [5.41, 5.74) is 0.582. The van der Waals surface area contributed by atoms with Crippen molar-refractivity contribution < 1.29 is 0 Å². The number of nitrogens with zero attached hydrogens (tertiary/aromatic N) is 5. The molecule has 1 unspecified atom stereocenters. The van der Waals surface area contributed by atoms with Crippen molar-refractivity contribution in [1.82, 2.24) is 14.5 Å². The molecule has 0 aliphatic carbocycles. The van der Waals surface area contributed by atoms with Crippen LogP contribution in [0.3, 0.4) is 0 Å². The second-order valence-electron chi connectivity index (χ2n) is 5.05. The van der Waals surface area contributed by atoms with Gasteiger partial charge in [0.1, 0.15) is 0 Å². The Hall–Kier alpha value is -1.60. The summed E-state index contributed by atoms with van der Waals surface area (Å²) in [6.07, 6.45) is 2.20. The third-order valence-electron chi connectivity index (χ3n) is 3.81. The number of fused-ring (bicyclic) bond motifs is 3. The topological polar surface area (TPSA) is 62.9 Å². The summed E-state index contributed by atoms with van der Waals surface area (Å²) in [6, 6.07) is 5.65. The zero-order valence-electron chi connectivity index (χ0n) is 10.7. The van der Waals surface area contributed by atoms with Crippen molar-refractivity contribution in [3.8, 4) is 0 Å². The molecule has 0 bridgehead atoms. The fraction of sp³-hybridized carbons (Fsp3) is 0.385. The van der Waals surface area contributed by atoms with Gasteiger partial charge in [0.2, 0.25) is 6.29 Å². The fourth-order valence-corrected chi connectivity index (χ4v) is 3.23. The van der Waals surface area contributed by atoms with Crippen LogP contribution in [-0.4, -0.2) is 27.5 Å². The van der Waals surface area contributed by atoms with Crippen LogP contribution in [0.25, 0.3) is 10.9 Å². The first-order valence-corrected chi connectivity index (χ1v) is 7.40. The fourth-order valence-electron chi connectivity index (χ4n) is 2.86. The van der Waals surface area contributed by atoms with Crippen molar-refractivity contribution in [2.45, 2.75) is 19.1 Å². The SMILES string of the molecule is O=c1nc2n(c3ccc(Br)cc13)C(N1CCCC1)N=N2. The van der Waals surface area contributed by atoms with Crippen LogP contribution in [-0.2, 0) is 0 Å². The molecule has 1 saturated heterocycles. The van der Waals surface area contributed by atoms with Gasteiger partial charge in [0, 0.05) is 17.6 Å². The van der Waals surface area contributed by atoms with Crippen LogP contribution in [0.4, 0.5) is 5.95 Å². The zero-order chi connectivity index (χ0) is 13.7. The minimum Gasteiger partial charge on any atom is -0.271 e. The number of aromatic nitrogens is 2. The van der Waals surface area contributed by atoms with Gasteiger partial charge >= 0.3 is 0 Å². The highest BCUT2D eigenvalue weighted by atomic mass is 79.9. The van der Waals surface area contributed by atoms with E-state index in [4.69, 9.17) is 0 Å². The summed E-state index contributed by atoms with van der Waals surface area (Å²) in [5, 5.41) is 8.98. The Bertz CT molecular complexity index is 778. The first-order valence-electron chi connectivity index (χ1n) is 6.61. The number of hydrogen-bond donors (Lipinski definition) is 0. The Labute approximate surface area is 123 Å². The molecular formula is C13H12BrN5O. The average Bonchev–Trinajstić information content (AvgIpc) is 3.07. The van der Waals surface area contributed by atoms with Gasteiger partial charge in [-0.25, -0.2) is 0 Å². The van der Waals surface area contributed by atoms with Crippen molar-refractivity contribution in [2.75, 3.05) is 13.1 Å². The number of benzene rings is 1. The molecular weight excluding hydrogens is 322 g/mol. The number of azo groups is 1. The molecule has 2 aliphatic rings. The minimum atomic E-state index is -0.256. The van der Waals surface area contributed by atoms with Gasteiger partial charge in [-0.15, -0.1) is 10.2 Å². The lowest BCUT2D eigenvalue weighted by Gasteiger charge is -2.23. The van der Waals surface area contributed by atoms with E-state index in [1.807, 2.05) is 16.7 Å². The number of halogens is 1. The highest BCUT2D eigenvalue weighted by Crippen LogP contribution is 2.34. The van der Waals surface area contributed by atoms with Gasteiger partial charge in [-0.1, -0.05) is 15.9 Å². The third-order valence-corrected chi connectivity index (χ3v) is 4.31. The van der Waals surface area contributed by atoms with Crippen molar-refractivity contribution in [1.29, 1.82) is 0 Å². The second-order valence-corrected chi connectivity index (χ2v) is 5.97. The standard InChI is InChI=1S/C13H12BrN5O/c14-8-3-4-10-9(7-8)11(20)15-12-16-17-13(19(10)12)18-5-1-2-6-18/h3-4,7,13H,1-2,5-6H2. The molecule has 0 spiro atoms. The Morgan fingerprint density at radius 3 is 2.85 bits per heavy atom. The molecule has 102 valence electrons. The van der Waals surface area contributed by atoms with Gasteiger partial charge in [-0.3, -0.25) is 14.3 Å². The molecule has 4 rings (SSSR count). The van der Waals surface area contributed by atoms with Crippen LogP contribution >= 0.6 is 15.9 Å². The molecule has 3 heterocycles. The highest BCUT2D eigenvalue weighted by Gasteiger charge is 2.30. The maximum absolute atomic E-state index is 12.1. The van der Waals surface area contributed by atoms with Crippen LogP contribution in [0.5, 0.6) is 0 Å².